The van der Waals surface area contributed by atoms with Crippen molar-refractivity contribution in [1.82, 2.24) is 4.72 Å². The Hall–Kier alpha value is -1.44. The molecule has 0 aliphatic carbocycles. The van der Waals surface area contributed by atoms with Crippen molar-refractivity contribution in [2.24, 2.45) is 0 Å². The predicted octanol–water partition coefficient (Wildman–Crippen LogP) is 3.21. The Morgan fingerprint density at radius 1 is 1.24 bits per heavy atom. The van der Waals surface area contributed by atoms with Crippen LogP contribution >= 0.6 is 15.9 Å². The minimum atomic E-state index is -3.79. The van der Waals surface area contributed by atoms with Crippen molar-refractivity contribution in [1.29, 1.82) is 0 Å². The minimum Gasteiger partial charge on any atom is -0.398 e. The first-order chi connectivity index (χ1) is 9.79. The summed E-state index contributed by atoms with van der Waals surface area (Å²) in [5, 5.41) is 0. The lowest BCUT2D eigenvalue weighted by Crippen LogP contribution is -2.27. The van der Waals surface area contributed by atoms with Gasteiger partial charge >= 0.3 is 0 Å². The van der Waals surface area contributed by atoms with Crippen LogP contribution in [0.4, 0.5) is 10.1 Å². The number of benzene rings is 2. The predicted molar refractivity (Wildman–Crippen MR) is 83.7 cm³/mol. The van der Waals surface area contributed by atoms with Gasteiger partial charge in [-0.3, -0.25) is 0 Å². The van der Waals surface area contributed by atoms with Crippen LogP contribution in [-0.4, -0.2) is 8.42 Å². The van der Waals surface area contributed by atoms with Crippen LogP contribution in [0, 0.1) is 5.82 Å². The zero-order chi connectivity index (χ0) is 15.6. The van der Waals surface area contributed by atoms with E-state index in [1.165, 1.54) is 30.3 Å². The van der Waals surface area contributed by atoms with E-state index >= 15 is 0 Å². The highest BCUT2D eigenvalue weighted by Gasteiger charge is 2.21. The third-order valence-corrected chi connectivity index (χ3v) is 5.05. The van der Waals surface area contributed by atoms with E-state index in [0.717, 1.165) is 0 Å². The van der Waals surface area contributed by atoms with Gasteiger partial charge in [-0.05, 0) is 42.8 Å². The third kappa shape index (κ3) is 3.81. The van der Waals surface area contributed by atoms with Gasteiger partial charge in [0.05, 0.1) is 5.69 Å². The van der Waals surface area contributed by atoms with Crippen LogP contribution in [0.3, 0.4) is 0 Å². The van der Waals surface area contributed by atoms with Gasteiger partial charge < -0.3 is 5.73 Å². The van der Waals surface area contributed by atoms with Gasteiger partial charge in [0.1, 0.15) is 10.7 Å². The van der Waals surface area contributed by atoms with Crippen molar-refractivity contribution < 1.29 is 12.8 Å². The fourth-order valence-corrected chi connectivity index (χ4v) is 3.63. The molecule has 2 aromatic rings. The van der Waals surface area contributed by atoms with E-state index in [1.54, 1.807) is 19.1 Å². The Morgan fingerprint density at radius 3 is 2.57 bits per heavy atom. The molecule has 2 aromatic carbocycles. The van der Waals surface area contributed by atoms with Gasteiger partial charge in [0.25, 0.3) is 0 Å². The topological polar surface area (TPSA) is 72.2 Å². The van der Waals surface area contributed by atoms with E-state index in [-0.39, 0.29) is 10.6 Å². The minimum absolute atomic E-state index is 0.00560. The molecule has 0 amide bonds. The smallest absolute Gasteiger partial charge is 0.243 e. The molecule has 0 bridgehead atoms. The number of nitrogens with two attached hydrogens (primary N) is 1. The molecule has 3 N–H and O–H groups in total. The molecule has 1 unspecified atom stereocenters. The average Bonchev–Trinajstić information content (AvgIpc) is 2.37. The molecule has 1 atom stereocenters. The monoisotopic (exact) mass is 372 g/mol. The molecule has 112 valence electrons. The number of nitrogen functional groups attached to an aromatic ring is 1. The quantitative estimate of drug-likeness (QED) is 0.809. The first-order valence-electron chi connectivity index (χ1n) is 6.12. The molecule has 0 saturated carbocycles. The number of sulfonamides is 1. The number of halogens is 2. The zero-order valence-electron chi connectivity index (χ0n) is 11.2. The Morgan fingerprint density at radius 2 is 1.95 bits per heavy atom. The molecule has 2 rings (SSSR count). The van der Waals surface area contributed by atoms with Gasteiger partial charge in [0.15, 0.2) is 0 Å². The lowest BCUT2D eigenvalue weighted by atomic mass is 10.1. The summed E-state index contributed by atoms with van der Waals surface area (Å²) < 4.78 is 41.0. The van der Waals surface area contributed by atoms with Gasteiger partial charge in [-0.1, -0.05) is 28.1 Å². The fourth-order valence-electron chi connectivity index (χ4n) is 1.90. The van der Waals surface area contributed by atoms with Crippen LogP contribution in [0.15, 0.2) is 51.8 Å². The number of hydrogen-bond donors (Lipinski definition) is 2. The maximum atomic E-state index is 13.2. The van der Waals surface area contributed by atoms with Crippen LogP contribution in [-0.2, 0) is 10.0 Å². The Labute approximate surface area is 131 Å². The lowest BCUT2D eigenvalue weighted by Gasteiger charge is -2.16. The van der Waals surface area contributed by atoms with Crippen molar-refractivity contribution in [3.8, 4) is 0 Å². The Bertz CT molecular complexity index is 765. The summed E-state index contributed by atoms with van der Waals surface area (Å²) in [6.07, 6.45) is 0. The first-order valence-corrected chi connectivity index (χ1v) is 8.40. The normalized spacial score (nSPS) is 13.1. The summed E-state index contributed by atoms with van der Waals surface area (Å²) in [5.74, 6) is -0.415. The van der Waals surface area contributed by atoms with Crippen molar-refractivity contribution in [2.45, 2.75) is 17.9 Å². The molecule has 0 aliphatic heterocycles. The fraction of sp³-hybridized carbons (Fsp3) is 0.143. The molecule has 0 spiro atoms. The molecule has 0 heterocycles. The maximum Gasteiger partial charge on any atom is 0.243 e. The van der Waals surface area contributed by atoms with Gasteiger partial charge in [0.2, 0.25) is 10.0 Å². The van der Waals surface area contributed by atoms with Gasteiger partial charge in [-0.2, -0.15) is 0 Å². The second-order valence-electron chi connectivity index (χ2n) is 4.58. The molecular weight excluding hydrogens is 359 g/mol. The van der Waals surface area contributed by atoms with E-state index in [1.807, 2.05) is 0 Å². The second kappa shape index (κ2) is 6.13. The molecule has 4 nitrogen and oxygen atoms in total. The number of rotatable bonds is 4. The van der Waals surface area contributed by atoms with Gasteiger partial charge in [-0.25, -0.2) is 17.5 Å². The molecule has 0 radical (unpaired) electrons. The van der Waals surface area contributed by atoms with Crippen molar-refractivity contribution in [2.75, 3.05) is 5.73 Å². The van der Waals surface area contributed by atoms with Gasteiger partial charge in [-0.15, -0.1) is 0 Å². The van der Waals surface area contributed by atoms with Gasteiger partial charge in [0, 0.05) is 10.5 Å². The van der Waals surface area contributed by atoms with Crippen LogP contribution in [0.25, 0.3) is 0 Å². The molecular formula is C14H14BrFN2O2S. The molecule has 0 aliphatic rings. The SMILES string of the molecule is CC(NS(=O)(=O)c1ccc(Br)cc1N)c1cccc(F)c1. The highest BCUT2D eigenvalue weighted by molar-refractivity contribution is 9.10. The van der Waals surface area contributed by atoms with E-state index < -0.39 is 21.9 Å². The number of anilines is 1. The maximum absolute atomic E-state index is 13.2. The summed E-state index contributed by atoms with van der Waals surface area (Å²) in [4.78, 5) is -0.00560. The van der Waals surface area contributed by atoms with E-state index in [0.29, 0.717) is 10.0 Å². The van der Waals surface area contributed by atoms with Crippen LogP contribution in [0.2, 0.25) is 0 Å². The summed E-state index contributed by atoms with van der Waals surface area (Å²) in [5.41, 5.74) is 6.42. The van der Waals surface area contributed by atoms with Crippen LogP contribution in [0.5, 0.6) is 0 Å². The van der Waals surface area contributed by atoms with E-state index in [9.17, 15) is 12.8 Å². The molecule has 0 aromatic heterocycles. The first kappa shape index (κ1) is 15.9. The Balaban J connectivity index is 2.29. The van der Waals surface area contributed by atoms with E-state index in [2.05, 4.69) is 20.7 Å². The van der Waals surface area contributed by atoms with Crippen molar-refractivity contribution in [3.63, 3.8) is 0 Å². The summed E-state index contributed by atoms with van der Waals surface area (Å²) in [6.45, 7) is 1.64. The van der Waals surface area contributed by atoms with Crippen LogP contribution < -0.4 is 10.5 Å². The zero-order valence-corrected chi connectivity index (χ0v) is 13.6. The summed E-state index contributed by atoms with van der Waals surface area (Å²) in [7, 11) is -3.79. The summed E-state index contributed by atoms with van der Waals surface area (Å²) >= 11 is 3.22. The molecule has 21 heavy (non-hydrogen) atoms. The highest BCUT2D eigenvalue weighted by atomic mass is 79.9. The number of nitrogens with one attached hydrogen (secondary N) is 1. The standard InChI is InChI=1S/C14H14BrFN2O2S/c1-9(10-3-2-4-12(16)7-10)18-21(19,20)14-6-5-11(15)8-13(14)17/h2-9,18H,17H2,1H3. The highest BCUT2D eigenvalue weighted by Crippen LogP contribution is 2.24. The second-order valence-corrected chi connectivity index (χ2v) is 7.18. The molecule has 0 fully saturated rings. The average molecular weight is 373 g/mol. The molecule has 7 heteroatoms. The Kier molecular flexibility index (Phi) is 4.65. The third-order valence-electron chi connectivity index (χ3n) is 2.94. The van der Waals surface area contributed by atoms with Crippen molar-refractivity contribution >= 4 is 31.6 Å². The largest absolute Gasteiger partial charge is 0.398 e. The number of hydrogen-bond acceptors (Lipinski definition) is 3. The van der Waals surface area contributed by atoms with Crippen molar-refractivity contribution in [3.05, 3.63) is 58.3 Å². The van der Waals surface area contributed by atoms with E-state index in [4.69, 9.17) is 5.73 Å². The van der Waals surface area contributed by atoms with Crippen LogP contribution in [0.1, 0.15) is 18.5 Å². The lowest BCUT2D eigenvalue weighted by molar-refractivity contribution is 0.565. The molecule has 0 saturated heterocycles. The summed E-state index contributed by atoms with van der Waals surface area (Å²) in [6, 6.07) is 9.73.